The summed E-state index contributed by atoms with van der Waals surface area (Å²) in [6.45, 7) is 0.479. The lowest BCUT2D eigenvalue weighted by Gasteiger charge is -2.13. The van der Waals surface area contributed by atoms with E-state index < -0.39 is 17.8 Å². The number of benzene rings is 1. The van der Waals surface area contributed by atoms with Crippen LogP contribution in [0.5, 0.6) is 0 Å². The second kappa shape index (κ2) is 4.67. The molecule has 7 heteroatoms. The van der Waals surface area contributed by atoms with Gasteiger partial charge < -0.3 is 5.32 Å². The van der Waals surface area contributed by atoms with Gasteiger partial charge in [-0.1, -0.05) is 0 Å². The number of rotatable bonds is 1. The Labute approximate surface area is 101 Å². The van der Waals surface area contributed by atoms with Crippen molar-refractivity contribution in [1.82, 2.24) is 5.01 Å². The second-order valence-electron chi connectivity index (χ2n) is 3.72. The first-order chi connectivity index (χ1) is 8.47. The maximum atomic E-state index is 12.3. The molecule has 18 heavy (non-hydrogen) atoms. The smallest absolute Gasteiger partial charge is 0.306 e. The molecule has 4 nitrogen and oxygen atoms in total. The van der Waals surface area contributed by atoms with Gasteiger partial charge in [0.05, 0.1) is 12.1 Å². The Morgan fingerprint density at radius 2 is 1.94 bits per heavy atom. The number of hydrogen-bond acceptors (Lipinski definition) is 2. The molecule has 0 unspecified atom stereocenters. The molecule has 0 spiro atoms. The highest BCUT2D eigenvalue weighted by atomic mass is 19.4. The molecule has 0 bridgehead atoms. The molecule has 1 aliphatic rings. The summed E-state index contributed by atoms with van der Waals surface area (Å²) >= 11 is 0. The molecule has 0 fully saturated rings. The second-order valence-corrected chi connectivity index (χ2v) is 3.72. The molecule has 0 atom stereocenters. The van der Waals surface area contributed by atoms with E-state index in [9.17, 15) is 18.0 Å². The van der Waals surface area contributed by atoms with Crippen molar-refractivity contribution in [2.24, 2.45) is 5.10 Å². The average Bonchev–Trinajstić information content (AvgIpc) is 2.82. The normalized spacial score (nSPS) is 14.9. The van der Waals surface area contributed by atoms with E-state index in [-0.39, 0.29) is 0 Å². The fourth-order valence-electron chi connectivity index (χ4n) is 1.48. The van der Waals surface area contributed by atoms with Crippen molar-refractivity contribution in [3.8, 4) is 0 Å². The highest BCUT2D eigenvalue weighted by molar-refractivity contribution is 5.90. The van der Waals surface area contributed by atoms with E-state index >= 15 is 0 Å². The Balaban J connectivity index is 2.02. The van der Waals surface area contributed by atoms with Gasteiger partial charge >= 0.3 is 12.2 Å². The SMILES string of the molecule is O=C(Nc1ccc(C(F)(F)F)cc1)N1CCC=N1. The summed E-state index contributed by atoms with van der Waals surface area (Å²) in [6, 6.07) is 3.80. The Hall–Kier alpha value is -2.05. The van der Waals surface area contributed by atoms with E-state index in [2.05, 4.69) is 10.4 Å². The first-order valence-electron chi connectivity index (χ1n) is 5.25. The Morgan fingerprint density at radius 3 is 2.44 bits per heavy atom. The molecule has 1 aromatic rings. The average molecular weight is 257 g/mol. The summed E-state index contributed by atoms with van der Waals surface area (Å²) in [7, 11) is 0. The summed E-state index contributed by atoms with van der Waals surface area (Å²) in [4.78, 5) is 11.6. The van der Waals surface area contributed by atoms with Crippen molar-refractivity contribution in [2.45, 2.75) is 12.6 Å². The molecule has 0 saturated carbocycles. The first-order valence-corrected chi connectivity index (χ1v) is 5.25. The van der Waals surface area contributed by atoms with Crippen molar-refractivity contribution in [3.63, 3.8) is 0 Å². The summed E-state index contributed by atoms with van der Waals surface area (Å²) in [5.74, 6) is 0. The number of alkyl halides is 3. The number of anilines is 1. The fraction of sp³-hybridized carbons (Fsp3) is 0.273. The van der Waals surface area contributed by atoms with Crippen LogP contribution in [0.15, 0.2) is 29.4 Å². The fourth-order valence-corrected chi connectivity index (χ4v) is 1.48. The molecule has 0 aliphatic carbocycles. The molecule has 0 saturated heterocycles. The molecule has 1 heterocycles. The number of hydrazone groups is 1. The monoisotopic (exact) mass is 257 g/mol. The van der Waals surface area contributed by atoms with Crippen LogP contribution in [-0.2, 0) is 6.18 Å². The van der Waals surface area contributed by atoms with Crippen molar-refractivity contribution in [2.75, 3.05) is 11.9 Å². The summed E-state index contributed by atoms with van der Waals surface area (Å²) in [5.41, 5.74) is -0.449. The minimum absolute atomic E-state index is 0.301. The number of halogens is 3. The van der Waals surface area contributed by atoms with Gasteiger partial charge in [0, 0.05) is 18.3 Å². The summed E-state index contributed by atoms with van der Waals surface area (Å²) in [6.07, 6.45) is -2.09. The third-order valence-electron chi connectivity index (χ3n) is 2.39. The van der Waals surface area contributed by atoms with Crippen LogP contribution < -0.4 is 5.32 Å². The summed E-state index contributed by atoms with van der Waals surface area (Å²) in [5, 5.41) is 7.49. The largest absolute Gasteiger partial charge is 0.416 e. The van der Waals surface area contributed by atoms with Crippen molar-refractivity contribution in [3.05, 3.63) is 29.8 Å². The van der Waals surface area contributed by atoms with Gasteiger partial charge in [-0.2, -0.15) is 18.3 Å². The number of hydrogen-bond donors (Lipinski definition) is 1. The van der Waals surface area contributed by atoms with Crippen LogP contribution in [-0.4, -0.2) is 23.8 Å². The molecule has 0 aromatic heterocycles. The zero-order valence-corrected chi connectivity index (χ0v) is 9.24. The van der Waals surface area contributed by atoms with Crippen molar-refractivity contribution < 1.29 is 18.0 Å². The standard InChI is InChI=1S/C11H10F3N3O/c12-11(13,14)8-2-4-9(5-3-8)16-10(18)17-7-1-6-15-17/h2-6H,1,7H2,(H,16,18). The van der Waals surface area contributed by atoms with Crippen LogP contribution in [0.4, 0.5) is 23.7 Å². The van der Waals surface area contributed by atoms with Gasteiger partial charge in [-0.15, -0.1) is 0 Å². The highest BCUT2D eigenvalue weighted by Crippen LogP contribution is 2.29. The predicted octanol–water partition coefficient (Wildman–Crippen LogP) is 2.93. The highest BCUT2D eigenvalue weighted by Gasteiger charge is 2.30. The molecule has 96 valence electrons. The third-order valence-corrected chi connectivity index (χ3v) is 2.39. The molecular formula is C11H10F3N3O. The molecule has 2 amide bonds. The minimum atomic E-state index is -4.37. The zero-order valence-electron chi connectivity index (χ0n) is 9.24. The van der Waals surface area contributed by atoms with Gasteiger partial charge in [-0.05, 0) is 24.3 Å². The van der Waals surface area contributed by atoms with Crippen LogP contribution in [0.1, 0.15) is 12.0 Å². The van der Waals surface area contributed by atoms with Crippen LogP contribution in [0, 0.1) is 0 Å². The molecule has 0 radical (unpaired) electrons. The summed E-state index contributed by atoms with van der Waals surface area (Å²) < 4.78 is 36.9. The van der Waals surface area contributed by atoms with E-state index in [1.807, 2.05) is 0 Å². The molecule has 1 N–H and O–H groups in total. The Kier molecular flexibility index (Phi) is 3.22. The number of nitrogens with one attached hydrogen (secondary N) is 1. The lowest BCUT2D eigenvalue weighted by atomic mass is 10.2. The van der Waals surface area contributed by atoms with Crippen LogP contribution >= 0.6 is 0 Å². The maximum absolute atomic E-state index is 12.3. The Bertz CT molecular complexity index is 467. The van der Waals surface area contributed by atoms with E-state index in [0.29, 0.717) is 18.7 Å². The van der Waals surface area contributed by atoms with Gasteiger partial charge in [-0.25, -0.2) is 9.80 Å². The molecule has 1 aliphatic heterocycles. The van der Waals surface area contributed by atoms with Gasteiger partial charge in [0.15, 0.2) is 0 Å². The van der Waals surface area contributed by atoms with E-state index in [1.54, 1.807) is 6.21 Å². The van der Waals surface area contributed by atoms with Gasteiger partial charge in [0.2, 0.25) is 0 Å². The zero-order chi connectivity index (χ0) is 13.2. The van der Waals surface area contributed by atoms with Gasteiger partial charge in [0.25, 0.3) is 0 Å². The van der Waals surface area contributed by atoms with E-state index in [1.165, 1.54) is 17.1 Å². The van der Waals surface area contributed by atoms with Crippen molar-refractivity contribution >= 4 is 17.9 Å². The quantitative estimate of drug-likeness (QED) is 0.826. The lowest BCUT2D eigenvalue weighted by molar-refractivity contribution is -0.137. The number of carbonyl (C=O) groups excluding carboxylic acids is 1. The first kappa shape index (κ1) is 12.4. The molecular weight excluding hydrogens is 247 g/mol. The van der Waals surface area contributed by atoms with Gasteiger partial charge in [-0.3, -0.25) is 0 Å². The third kappa shape index (κ3) is 2.79. The topological polar surface area (TPSA) is 44.7 Å². The maximum Gasteiger partial charge on any atom is 0.416 e. The number of nitrogens with zero attached hydrogens (tertiary/aromatic N) is 2. The molecule has 2 rings (SSSR count). The van der Waals surface area contributed by atoms with Crippen molar-refractivity contribution in [1.29, 1.82) is 0 Å². The lowest BCUT2D eigenvalue weighted by Crippen LogP contribution is -2.28. The molecule has 1 aromatic carbocycles. The number of amides is 2. The number of carbonyl (C=O) groups is 1. The minimum Gasteiger partial charge on any atom is -0.306 e. The van der Waals surface area contributed by atoms with Crippen LogP contribution in [0.3, 0.4) is 0 Å². The predicted molar refractivity (Wildman–Crippen MR) is 60.3 cm³/mol. The van der Waals surface area contributed by atoms with Crippen LogP contribution in [0.25, 0.3) is 0 Å². The van der Waals surface area contributed by atoms with Crippen LogP contribution in [0.2, 0.25) is 0 Å². The van der Waals surface area contributed by atoms with Gasteiger partial charge in [0.1, 0.15) is 0 Å². The Morgan fingerprint density at radius 1 is 1.28 bits per heavy atom. The van der Waals surface area contributed by atoms with E-state index in [0.717, 1.165) is 12.1 Å². The number of urea groups is 1. The van der Waals surface area contributed by atoms with E-state index in [4.69, 9.17) is 0 Å².